The van der Waals surface area contributed by atoms with Crippen molar-refractivity contribution in [1.82, 2.24) is 14.3 Å². The molecule has 2 atom stereocenters. The van der Waals surface area contributed by atoms with Crippen molar-refractivity contribution in [1.29, 1.82) is 0 Å². The number of aryl methyl sites for hydroxylation is 1. The standard InChI is InChI=1S/C24H29N3O3S/c1-17-13-26-23(14-25-17)24(28)18(2)31-27(15-19-5-9-21(29-3)10-6-19)16-20-7-11-22(30-4)12-8-20/h5-14,18,24,28H,15-16H2,1-4H3. The van der Waals surface area contributed by atoms with Crippen molar-refractivity contribution in [3.8, 4) is 11.5 Å². The van der Waals surface area contributed by atoms with E-state index < -0.39 is 6.10 Å². The molecule has 1 aromatic heterocycles. The van der Waals surface area contributed by atoms with Crippen LogP contribution in [0.15, 0.2) is 60.9 Å². The van der Waals surface area contributed by atoms with Crippen LogP contribution in [0.25, 0.3) is 0 Å². The summed E-state index contributed by atoms with van der Waals surface area (Å²) >= 11 is 1.61. The number of rotatable bonds is 10. The smallest absolute Gasteiger partial charge is 0.118 e. The number of aliphatic hydroxyl groups is 1. The first-order valence-electron chi connectivity index (χ1n) is 10.1. The minimum absolute atomic E-state index is 0.103. The van der Waals surface area contributed by atoms with Crippen molar-refractivity contribution < 1.29 is 14.6 Å². The lowest BCUT2D eigenvalue weighted by molar-refractivity contribution is 0.172. The van der Waals surface area contributed by atoms with Gasteiger partial charge in [0.15, 0.2) is 0 Å². The maximum Gasteiger partial charge on any atom is 0.118 e. The van der Waals surface area contributed by atoms with E-state index in [9.17, 15) is 5.11 Å². The second-order valence-electron chi connectivity index (χ2n) is 7.33. The first kappa shape index (κ1) is 23.1. The Labute approximate surface area is 188 Å². The predicted molar refractivity (Wildman–Crippen MR) is 124 cm³/mol. The summed E-state index contributed by atoms with van der Waals surface area (Å²) in [6, 6.07) is 16.1. The van der Waals surface area contributed by atoms with Gasteiger partial charge >= 0.3 is 0 Å². The van der Waals surface area contributed by atoms with Crippen molar-refractivity contribution in [2.75, 3.05) is 14.2 Å². The Bertz CT molecular complexity index is 884. The highest BCUT2D eigenvalue weighted by Crippen LogP contribution is 2.31. The van der Waals surface area contributed by atoms with Crippen LogP contribution < -0.4 is 9.47 Å². The minimum Gasteiger partial charge on any atom is -0.497 e. The molecule has 6 nitrogen and oxygen atoms in total. The second kappa shape index (κ2) is 11.1. The molecule has 0 aliphatic heterocycles. The number of benzene rings is 2. The molecule has 0 aliphatic carbocycles. The molecule has 0 fully saturated rings. The third-order valence-corrected chi connectivity index (χ3v) is 6.05. The second-order valence-corrected chi connectivity index (χ2v) is 8.80. The Hall–Kier alpha value is -2.61. The number of hydrogen-bond acceptors (Lipinski definition) is 7. The molecule has 1 heterocycles. The summed E-state index contributed by atoms with van der Waals surface area (Å²) in [4.78, 5) is 8.60. The third kappa shape index (κ3) is 6.69. The lowest BCUT2D eigenvalue weighted by Crippen LogP contribution is -2.22. The van der Waals surface area contributed by atoms with E-state index in [1.165, 1.54) is 11.1 Å². The first-order valence-corrected chi connectivity index (χ1v) is 11.0. The minimum atomic E-state index is -0.715. The molecule has 1 N–H and O–H groups in total. The third-order valence-electron chi connectivity index (χ3n) is 4.90. The normalized spacial score (nSPS) is 13.1. The molecular formula is C24H29N3O3S. The average molecular weight is 440 g/mol. The molecule has 0 amide bonds. The fourth-order valence-corrected chi connectivity index (χ4v) is 4.26. The van der Waals surface area contributed by atoms with Crippen molar-refractivity contribution in [2.45, 2.75) is 38.3 Å². The average Bonchev–Trinajstić information content (AvgIpc) is 2.80. The molecule has 0 spiro atoms. The fourth-order valence-electron chi connectivity index (χ4n) is 3.09. The van der Waals surface area contributed by atoms with Gasteiger partial charge in [-0.15, -0.1) is 0 Å². The van der Waals surface area contributed by atoms with E-state index in [0.29, 0.717) is 5.69 Å². The van der Waals surface area contributed by atoms with Crippen molar-refractivity contribution in [3.05, 3.63) is 83.4 Å². The SMILES string of the molecule is COc1ccc(CN(Cc2ccc(OC)cc2)SC(C)C(O)c2cnc(C)cn2)cc1. The van der Waals surface area contributed by atoms with E-state index in [-0.39, 0.29) is 5.25 Å². The van der Waals surface area contributed by atoms with Gasteiger partial charge in [-0.3, -0.25) is 9.97 Å². The molecule has 164 valence electrons. The van der Waals surface area contributed by atoms with E-state index >= 15 is 0 Å². The van der Waals surface area contributed by atoms with Crippen LogP contribution in [0.5, 0.6) is 11.5 Å². The van der Waals surface area contributed by atoms with E-state index in [4.69, 9.17) is 9.47 Å². The summed E-state index contributed by atoms with van der Waals surface area (Å²) in [7, 11) is 3.33. The van der Waals surface area contributed by atoms with Gasteiger partial charge in [0.1, 0.15) is 17.6 Å². The van der Waals surface area contributed by atoms with E-state index in [1.807, 2.05) is 38.1 Å². The van der Waals surface area contributed by atoms with Crippen LogP contribution in [0.2, 0.25) is 0 Å². The summed E-state index contributed by atoms with van der Waals surface area (Å²) in [5.74, 6) is 1.67. The van der Waals surface area contributed by atoms with Gasteiger partial charge < -0.3 is 14.6 Å². The van der Waals surface area contributed by atoms with Crippen LogP contribution >= 0.6 is 11.9 Å². The number of hydrogen-bond donors (Lipinski definition) is 1. The highest BCUT2D eigenvalue weighted by Gasteiger charge is 2.22. The fraction of sp³-hybridized carbons (Fsp3) is 0.333. The molecule has 2 unspecified atom stereocenters. The van der Waals surface area contributed by atoms with Crippen molar-refractivity contribution >= 4 is 11.9 Å². The monoisotopic (exact) mass is 439 g/mol. The molecule has 0 saturated heterocycles. The highest BCUT2D eigenvalue weighted by atomic mass is 32.2. The Morgan fingerprint density at radius 2 is 1.39 bits per heavy atom. The van der Waals surface area contributed by atoms with Crippen molar-refractivity contribution in [2.24, 2.45) is 0 Å². The maximum atomic E-state index is 10.8. The Balaban J connectivity index is 1.74. The molecule has 0 radical (unpaired) electrons. The number of nitrogens with zero attached hydrogens (tertiary/aromatic N) is 3. The van der Waals surface area contributed by atoms with Crippen LogP contribution in [-0.2, 0) is 13.1 Å². The quantitative estimate of drug-likeness (QED) is 0.464. The number of aliphatic hydroxyl groups excluding tert-OH is 1. The van der Waals surface area contributed by atoms with Crippen molar-refractivity contribution in [3.63, 3.8) is 0 Å². The van der Waals surface area contributed by atoms with Gasteiger partial charge in [-0.25, -0.2) is 4.31 Å². The Morgan fingerprint density at radius 1 is 0.871 bits per heavy atom. The summed E-state index contributed by atoms with van der Waals surface area (Å²) in [6.45, 7) is 5.33. The van der Waals surface area contributed by atoms with Crippen LogP contribution in [0, 0.1) is 6.92 Å². The topological polar surface area (TPSA) is 67.7 Å². The molecule has 2 aromatic carbocycles. The Morgan fingerprint density at radius 3 is 1.81 bits per heavy atom. The molecule has 0 saturated carbocycles. The largest absolute Gasteiger partial charge is 0.497 e. The lowest BCUT2D eigenvalue weighted by atomic mass is 10.2. The van der Waals surface area contributed by atoms with Gasteiger partial charge in [-0.05, 0) is 49.2 Å². The van der Waals surface area contributed by atoms with Crippen LogP contribution in [-0.4, -0.2) is 38.8 Å². The van der Waals surface area contributed by atoms with E-state index in [2.05, 4.69) is 38.5 Å². The molecule has 3 aromatic rings. The molecule has 0 aliphatic rings. The zero-order valence-corrected chi connectivity index (χ0v) is 19.2. The summed E-state index contributed by atoms with van der Waals surface area (Å²) in [6.07, 6.45) is 2.61. The van der Waals surface area contributed by atoms with Gasteiger partial charge in [-0.1, -0.05) is 36.2 Å². The van der Waals surface area contributed by atoms with Gasteiger partial charge in [-0.2, -0.15) is 0 Å². The predicted octanol–water partition coefficient (Wildman–Crippen LogP) is 4.57. The van der Waals surface area contributed by atoms with E-state index in [1.54, 1.807) is 38.6 Å². The lowest BCUT2D eigenvalue weighted by Gasteiger charge is -2.27. The Kier molecular flexibility index (Phi) is 8.28. The van der Waals surface area contributed by atoms with Gasteiger partial charge in [0.25, 0.3) is 0 Å². The van der Waals surface area contributed by atoms with Crippen LogP contribution in [0.3, 0.4) is 0 Å². The van der Waals surface area contributed by atoms with Gasteiger partial charge in [0.2, 0.25) is 0 Å². The molecular weight excluding hydrogens is 410 g/mol. The van der Waals surface area contributed by atoms with Gasteiger partial charge in [0.05, 0.1) is 31.8 Å². The molecule has 3 rings (SSSR count). The number of methoxy groups -OCH3 is 2. The number of ether oxygens (including phenoxy) is 2. The van der Waals surface area contributed by atoms with E-state index in [0.717, 1.165) is 30.3 Å². The molecule has 31 heavy (non-hydrogen) atoms. The zero-order chi connectivity index (χ0) is 22.2. The zero-order valence-electron chi connectivity index (χ0n) is 18.4. The molecule has 0 bridgehead atoms. The summed E-state index contributed by atoms with van der Waals surface area (Å²) in [5, 5.41) is 10.7. The maximum absolute atomic E-state index is 10.8. The van der Waals surface area contributed by atoms with Gasteiger partial charge in [0, 0.05) is 24.5 Å². The highest BCUT2D eigenvalue weighted by molar-refractivity contribution is 7.97. The van der Waals surface area contributed by atoms with Crippen LogP contribution in [0.1, 0.15) is 35.5 Å². The number of aromatic nitrogens is 2. The summed E-state index contributed by atoms with van der Waals surface area (Å²) < 4.78 is 12.8. The van der Waals surface area contributed by atoms with Crippen LogP contribution in [0.4, 0.5) is 0 Å². The molecule has 7 heteroatoms. The first-order chi connectivity index (χ1) is 15.0. The summed E-state index contributed by atoms with van der Waals surface area (Å²) in [5.41, 5.74) is 3.74.